The van der Waals surface area contributed by atoms with Gasteiger partial charge in [0.15, 0.2) is 0 Å². The molecule has 1 aromatic rings. The molecule has 1 fully saturated rings. The summed E-state index contributed by atoms with van der Waals surface area (Å²) in [4.78, 5) is 8.54. The summed E-state index contributed by atoms with van der Waals surface area (Å²) in [6.07, 6.45) is 7.52. The Kier molecular flexibility index (Phi) is 3.13. The molecule has 76 valence electrons. The number of aromatic nitrogens is 2. The summed E-state index contributed by atoms with van der Waals surface area (Å²) in [5.74, 6) is 0.875. The first-order valence-electron chi connectivity index (χ1n) is 4.99. The molecular weight excluding hydrogens is 242 g/mol. The van der Waals surface area contributed by atoms with Crippen molar-refractivity contribution in [1.29, 1.82) is 0 Å². The Hall–Kier alpha value is -0.480. The average molecular weight is 256 g/mol. The van der Waals surface area contributed by atoms with E-state index in [0.717, 1.165) is 10.3 Å². The molecular formula is C10H14BrN3. The van der Waals surface area contributed by atoms with Crippen molar-refractivity contribution >= 4 is 15.9 Å². The molecule has 0 amide bonds. The van der Waals surface area contributed by atoms with Crippen LogP contribution in [0.1, 0.15) is 38.1 Å². The largest absolute Gasteiger partial charge is 0.305 e. The van der Waals surface area contributed by atoms with Crippen LogP contribution in [0.3, 0.4) is 0 Å². The van der Waals surface area contributed by atoms with Crippen LogP contribution < -0.4 is 5.32 Å². The van der Waals surface area contributed by atoms with Crippen molar-refractivity contribution in [2.75, 3.05) is 0 Å². The van der Waals surface area contributed by atoms with Gasteiger partial charge in [-0.25, -0.2) is 9.97 Å². The lowest BCUT2D eigenvalue weighted by Crippen LogP contribution is -2.37. The van der Waals surface area contributed by atoms with Gasteiger partial charge in [0.1, 0.15) is 5.82 Å². The van der Waals surface area contributed by atoms with Gasteiger partial charge in [0, 0.05) is 18.4 Å². The minimum Gasteiger partial charge on any atom is -0.305 e. The molecule has 1 heterocycles. The summed E-state index contributed by atoms with van der Waals surface area (Å²) in [6, 6.07) is 0.936. The minimum atomic E-state index is 0.258. The van der Waals surface area contributed by atoms with Crippen molar-refractivity contribution in [3.63, 3.8) is 0 Å². The average Bonchev–Trinajstić information content (AvgIpc) is 2.12. The molecule has 1 aliphatic rings. The second-order valence-corrected chi connectivity index (χ2v) is 4.69. The van der Waals surface area contributed by atoms with Crippen LogP contribution in [0.15, 0.2) is 16.9 Å². The van der Waals surface area contributed by atoms with E-state index in [1.165, 1.54) is 19.3 Å². The molecule has 0 aliphatic heterocycles. The van der Waals surface area contributed by atoms with Crippen LogP contribution in [0, 0.1) is 0 Å². The highest BCUT2D eigenvalue weighted by Crippen LogP contribution is 2.21. The van der Waals surface area contributed by atoms with Gasteiger partial charge in [-0.05, 0) is 35.7 Å². The van der Waals surface area contributed by atoms with Gasteiger partial charge in [-0.2, -0.15) is 0 Å². The number of rotatable bonds is 3. The van der Waals surface area contributed by atoms with Crippen LogP contribution in [0.5, 0.6) is 0 Å². The Labute approximate surface area is 92.5 Å². The summed E-state index contributed by atoms with van der Waals surface area (Å²) in [5.41, 5.74) is 0. The number of halogens is 1. The van der Waals surface area contributed by atoms with Crippen LogP contribution in [-0.4, -0.2) is 16.0 Å². The van der Waals surface area contributed by atoms with Gasteiger partial charge in [0.2, 0.25) is 0 Å². The minimum absolute atomic E-state index is 0.258. The van der Waals surface area contributed by atoms with Gasteiger partial charge >= 0.3 is 0 Å². The van der Waals surface area contributed by atoms with Crippen LogP contribution in [0.25, 0.3) is 0 Å². The van der Waals surface area contributed by atoms with Crippen molar-refractivity contribution in [1.82, 2.24) is 15.3 Å². The smallest absolute Gasteiger partial charge is 0.144 e. The topological polar surface area (TPSA) is 37.8 Å². The maximum Gasteiger partial charge on any atom is 0.144 e. The van der Waals surface area contributed by atoms with Crippen molar-refractivity contribution in [2.24, 2.45) is 0 Å². The maximum absolute atomic E-state index is 4.27. The molecule has 3 nitrogen and oxygen atoms in total. The molecule has 1 N–H and O–H groups in total. The molecule has 0 bridgehead atoms. The standard InChI is InChI=1S/C10H14BrN3/c1-7(14-9-3-2-4-9)10-12-5-8(11)6-13-10/h5-7,9,14H,2-4H2,1H3. The number of hydrogen-bond acceptors (Lipinski definition) is 3. The monoisotopic (exact) mass is 255 g/mol. The molecule has 4 heteroatoms. The van der Waals surface area contributed by atoms with Gasteiger partial charge in [0.05, 0.1) is 10.5 Å². The van der Waals surface area contributed by atoms with Gasteiger partial charge in [-0.3, -0.25) is 0 Å². The van der Waals surface area contributed by atoms with E-state index in [9.17, 15) is 0 Å². The number of hydrogen-bond donors (Lipinski definition) is 1. The van der Waals surface area contributed by atoms with E-state index < -0.39 is 0 Å². The lowest BCUT2D eigenvalue weighted by molar-refractivity contribution is 0.308. The normalized spacial score (nSPS) is 19.0. The van der Waals surface area contributed by atoms with E-state index in [1.807, 2.05) is 0 Å². The predicted octanol–water partition coefficient (Wildman–Crippen LogP) is 2.44. The van der Waals surface area contributed by atoms with Crippen LogP contribution in [0.2, 0.25) is 0 Å². The molecule has 0 radical (unpaired) electrons. The fourth-order valence-electron chi connectivity index (χ4n) is 1.55. The Bertz CT molecular complexity index is 295. The number of nitrogens with zero attached hydrogens (tertiary/aromatic N) is 2. The summed E-state index contributed by atoms with van der Waals surface area (Å²) in [5, 5.41) is 3.51. The van der Waals surface area contributed by atoms with Crippen molar-refractivity contribution in [2.45, 2.75) is 38.3 Å². The first-order valence-corrected chi connectivity index (χ1v) is 5.78. The SMILES string of the molecule is CC(NC1CCC1)c1ncc(Br)cn1. The number of nitrogens with one attached hydrogen (secondary N) is 1. The first kappa shape index (κ1) is 10.1. The molecule has 0 saturated heterocycles. The summed E-state index contributed by atoms with van der Waals surface area (Å²) in [7, 11) is 0. The molecule has 1 aliphatic carbocycles. The molecule has 0 spiro atoms. The molecule has 1 aromatic heterocycles. The first-order chi connectivity index (χ1) is 6.75. The highest BCUT2D eigenvalue weighted by atomic mass is 79.9. The van der Waals surface area contributed by atoms with Crippen molar-refractivity contribution in [3.05, 3.63) is 22.7 Å². The third-order valence-electron chi connectivity index (χ3n) is 2.62. The second kappa shape index (κ2) is 4.36. The Morgan fingerprint density at radius 3 is 2.57 bits per heavy atom. The second-order valence-electron chi connectivity index (χ2n) is 3.78. The zero-order chi connectivity index (χ0) is 9.97. The molecule has 14 heavy (non-hydrogen) atoms. The molecule has 1 saturated carbocycles. The lowest BCUT2D eigenvalue weighted by Gasteiger charge is -2.29. The zero-order valence-corrected chi connectivity index (χ0v) is 9.79. The fourth-order valence-corrected chi connectivity index (χ4v) is 1.75. The van der Waals surface area contributed by atoms with Gasteiger partial charge < -0.3 is 5.32 Å². The van der Waals surface area contributed by atoms with E-state index in [2.05, 4.69) is 38.1 Å². The van der Waals surface area contributed by atoms with Gasteiger partial charge in [0.25, 0.3) is 0 Å². The van der Waals surface area contributed by atoms with Crippen LogP contribution >= 0.6 is 15.9 Å². The fraction of sp³-hybridized carbons (Fsp3) is 0.600. The van der Waals surface area contributed by atoms with Crippen LogP contribution in [-0.2, 0) is 0 Å². The summed E-state index contributed by atoms with van der Waals surface area (Å²) in [6.45, 7) is 2.11. The zero-order valence-electron chi connectivity index (χ0n) is 8.20. The Morgan fingerprint density at radius 1 is 1.43 bits per heavy atom. The quantitative estimate of drug-likeness (QED) is 0.902. The van der Waals surface area contributed by atoms with E-state index in [4.69, 9.17) is 0 Å². The molecule has 2 rings (SSSR count). The summed E-state index contributed by atoms with van der Waals surface area (Å²) < 4.78 is 0.928. The lowest BCUT2D eigenvalue weighted by atomic mass is 9.92. The summed E-state index contributed by atoms with van der Waals surface area (Å²) >= 11 is 3.32. The highest BCUT2D eigenvalue weighted by molar-refractivity contribution is 9.10. The maximum atomic E-state index is 4.27. The molecule has 1 unspecified atom stereocenters. The predicted molar refractivity (Wildman–Crippen MR) is 58.9 cm³/mol. The van der Waals surface area contributed by atoms with E-state index in [0.29, 0.717) is 6.04 Å². The van der Waals surface area contributed by atoms with Crippen molar-refractivity contribution < 1.29 is 0 Å². The third kappa shape index (κ3) is 2.30. The Morgan fingerprint density at radius 2 is 2.07 bits per heavy atom. The van der Waals surface area contributed by atoms with E-state index >= 15 is 0 Å². The highest BCUT2D eigenvalue weighted by Gasteiger charge is 2.20. The van der Waals surface area contributed by atoms with Crippen LogP contribution in [0.4, 0.5) is 0 Å². The third-order valence-corrected chi connectivity index (χ3v) is 3.03. The van der Waals surface area contributed by atoms with Gasteiger partial charge in [-0.15, -0.1) is 0 Å². The van der Waals surface area contributed by atoms with E-state index in [1.54, 1.807) is 12.4 Å². The van der Waals surface area contributed by atoms with Crippen molar-refractivity contribution in [3.8, 4) is 0 Å². The van der Waals surface area contributed by atoms with Gasteiger partial charge in [-0.1, -0.05) is 6.42 Å². The van der Waals surface area contributed by atoms with E-state index in [-0.39, 0.29) is 6.04 Å². The molecule has 0 aromatic carbocycles. The molecule has 1 atom stereocenters. The Balaban J connectivity index is 1.95.